The van der Waals surface area contributed by atoms with Crippen molar-refractivity contribution in [2.45, 2.75) is 18.1 Å². The number of hydrogen-bond donors (Lipinski definition) is 0. The molecule has 3 nitrogen and oxygen atoms in total. The lowest BCUT2D eigenvalue weighted by atomic mass is 10.0. The van der Waals surface area contributed by atoms with E-state index in [0.717, 1.165) is 3.97 Å². The fourth-order valence-electron chi connectivity index (χ4n) is 2.45. The van der Waals surface area contributed by atoms with E-state index < -0.39 is 20.6 Å². The summed E-state index contributed by atoms with van der Waals surface area (Å²) in [4.78, 5) is 0. The predicted molar refractivity (Wildman–Crippen MR) is 77.5 cm³/mol. The molecule has 20 heavy (non-hydrogen) atoms. The Balaban J connectivity index is 2.25. The molecule has 1 aliphatic carbocycles. The highest BCUT2D eigenvalue weighted by Gasteiger charge is 2.38. The lowest BCUT2D eigenvalue weighted by Crippen LogP contribution is -2.37. The van der Waals surface area contributed by atoms with E-state index in [2.05, 4.69) is 0 Å². The first kappa shape index (κ1) is 13.1. The van der Waals surface area contributed by atoms with Crippen LogP contribution in [0, 0.1) is 5.82 Å². The van der Waals surface area contributed by atoms with Crippen LogP contribution in [0.5, 0.6) is 0 Å². The summed E-state index contributed by atoms with van der Waals surface area (Å²) in [5.74, 6) is -0.532. The number of rotatable bonds is 2. The Morgan fingerprint density at radius 2 is 2.05 bits per heavy atom. The maximum Gasteiger partial charge on any atom is 0.248 e. The third-order valence-electron chi connectivity index (χ3n) is 3.70. The summed E-state index contributed by atoms with van der Waals surface area (Å²) in [5, 5.41) is 0.576. The first-order valence-corrected chi connectivity index (χ1v) is 7.75. The van der Waals surface area contributed by atoms with Crippen molar-refractivity contribution in [3.05, 3.63) is 60.6 Å². The number of nitrogens with zero attached hydrogens (tertiary/aromatic N) is 1. The first-order valence-electron chi connectivity index (χ1n) is 6.31. The van der Waals surface area contributed by atoms with Crippen molar-refractivity contribution in [1.29, 1.82) is 0 Å². The molecule has 0 N–H and O–H groups in total. The van der Waals surface area contributed by atoms with E-state index in [1.165, 1.54) is 12.3 Å². The van der Waals surface area contributed by atoms with Crippen molar-refractivity contribution in [2.24, 2.45) is 0 Å². The van der Waals surface area contributed by atoms with Crippen LogP contribution in [-0.4, -0.2) is 17.1 Å². The van der Waals surface area contributed by atoms with Crippen LogP contribution in [0.25, 0.3) is 10.9 Å². The minimum atomic E-state index is -3.73. The fraction of sp³-hybridized carbons (Fsp3) is 0.200. The highest BCUT2D eigenvalue weighted by atomic mass is 32.2. The molecule has 1 aromatic heterocycles. The molecule has 0 aliphatic heterocycles. The molecule has 1 heterocycles. The average molecular weight is 291 g/mol. The van der Waals surface area contributed by atoms with E-state index in [9.17, 15) is 12.8 Å². The van der Waals surface area contributed by atoms with Gasteiger partial charge in [0.25, 0.3) is 0 Å². The van der Waals surface area contributed by atoms with Gasteiger partial charge in [-0.1, -0.05) is 36.4 Å². The summed E-state index contributed by atoms with van der Waals surface area (Å²) in [6.07, 6.45) is 8.77. The van der Waals surface area contributed by atoms with Crippen LogP contribution < -0.4 is 0 Å². The lowest BCUT2D eigenvalue weighted by Gasteiger charge is -2.27. The summed E-state index contributed by atoms with van der Waals surface area (Å²) in [7, 11) is -3.73. The van der Waals surface area contributed by atoms with E-state index in [1.54, 1.807) is 43.4 Å². The zero-order chi connectivity index (χ0) is 14.4. The van der Waals surface area contributed by atoms with Gasteiger partial charge in [-0.3, -0.25) is 0 Å². The Morgan fingerprint density at radius 3 is 2.75 bits per heavy atom. The van der Waals surface area contributed by atoms with Crippen LogP contribution in [0.1, 0.15) is 13.3 Å². The van der Waals surface area contributed by atoms with Crippen LogP contribution in [0.2, 0.25) is 0 Å². The summed E-state index contributed by atoms with van der Waals surface area (Å²) >= 11 is 0. The van der Waals surface area contributed by atoms with Crippen LogP contribution in [-0.2, 0) is 10.0 Å². The van der Waals surface area contributed by atoms with Crippen molar-refractivity contribution < 1.29 is 12.8 Å². The third-order valence-corrected chi connectivity index (χ3v) is 6.00. The van der Waals surface area contributed by atoms with Gasteiger partial charge in [-0.25, -0.2) is 16.8 Å². The number of benzene rings is 1. The number of allylic oxidation sites excluding steroid dienone is 3. The van der Waals surface area contributed by atoms with Gasteiger partial charge in [-0.2, -0.15) is 0 Å². The van der Waals surface area contributed by atoms with Crippen molar-refractivity contribution in [3.8, 4) is 0 Å². The predicted octanol–water partition coefficient (Wildman–Crippen LogP) is 3.23. The molecular formula is C15H14FNO2S. The van der Waals surface area contributed by atoms with E-state index in [-0.39, 0.29) is 5.52 Å². The van der Waals surface area contributed by atoms with Crippen molar-refractivity contribution >= 4 is 20.9 Å². The minimum absolute atomic E-state index is 0.108. The lowest BCUT2D eigenvalue weighted by molar-refractivity contribution is 0.553. The Bertz CT molecular complexity index is 833. The van der Waals surface area contributed by atoms with Crippen molar-refractivity contribution in [2.75, 3.05) is 0 Å². The van der Waals surface area contributed by atoms with E-state index in [4.69, 9.17) is 0 Å². The Morgan fingerprint density at radius 1 is 1.25 bits per heavy atom. The SMILES string of the molecule is CC1(S(=O)(=O)n2ccc3cccc(F)c32)C=CC=CC1. The number of halogens is 1. The quantitative estimate of drug-likeness (QED) is 0.852. The molecule has 5 heteroatoms. The van der Waals surface area contributed by atoms with Gasteiger partial charge in [0.1, 0.15) is 10.6 Å². The molecule has 2 aromatic rings. The van der Waals surface area contributed by atoms with E-state index >= 15 is 0 Å². The molecule has 0 spiro atoms. The molecule has 0 amide bonds. The van der Waals surface area contributed by atoms with Gasteiger partial charge < -0.3 is 0 Å². The molecular weight excluding hydrogens is 277 g/mol. The summed E-state index contributed by atoms with van der Waals surface area (Å²) in [5.41, 5.74) is 0.108. The van der Waals surface area contributed by atoms with Crippen molar-refractivity contribution in [1.82, 2.24) is 3.97 Å². The molecule has 0 bridgehead atoms. The van der Waals surface area contributed by atoms with Gasteiger partial charge >= 0.3 is 0 Å². The monoisotopic (exact) mass is 291 g/mol. The highest BCUT2D eigenvalue weighted by Crippen LogP contribution is 2.32. The minimum Gasteiger partial charge on any atom is -0.241 e. The zero-order valence-corrected chi connectivity index (χ0v) is 11.8. The van der Waals surface area contributed by atoms with Gasteiger partial charge in [-0.15, -0.1) is 0 Å². The smallest absolute Gasteiger partial charge is 0.241 e. The second kappa shape index (κ2) is 4.31. The third kappa shape index (κ3) is 1.73. The maximum atomic E-state index is 14.0. The molecule has 3 rings (SSSR count). The summed E-state index contributed by atoms with van der Waals surface area (Å²) in [6, 6.07) is 6.15. The topological polar surface area (TPSA) is 39.1 Å². The highest BCUT2D eigenvalue weighted by molar-refractivity contribution is 7.91. The zero-order valence-electron chi connectivity index (χ0n) is 11.0. The number of aromatic nitrogens is 1. The van der Waals surface area contributed by atoms with Crippen LogP contribution in [0.15, 0.2) is 54.8 Å². The fourth-order valence-corrected chi connectivity index (χ4v) is 4.11. The van der Waals surface area contributed by atoms with Crippen LogP contribution >= 0.6 is 0 Å². The molecule has 1 aromatic carbocycles. The van der Waals surface area contributed by atoms with Gasteiger partial charge in [-0.05, 0) is 25.5 Å². The van der Waals surface area contributed by atoms with E-state index in [0.29, 0.717) is 11.8 Å². The molecule has 1 atom stereocenters. The number of fused-ring (bicyclic) bond motifs is 1. The van der Waals surface area contributed by atoms with Gasteiger partial charge in [0.2, 0.25) is 10.0 Å². The standard InChI is InChI=1S/C15H14FNO2S/c1-15(9-3-2-4-10-15)20(18,19)17-11-8-12-6-5-7-13(16)14(12)17/h2-9,11H,10H2,1H3. The van der Waals surface area contributed by atoms with Gasteiger partial charge in [0, 0.05) is 11.6 Å². The molecule has 0 saturated carbocycles. The summed E-state index contributed by atoms with van der Waals surface area (Å²) in [6.45, 7) is 1.65. The van der Waals surface area contributed by atoms with Gasteiger partial charge in [0.15, 0.2) is 0 Å². The second-order valence-corrected chi connectivity index (χ2v) is 7.37. The average Bonchev–Trinajstić information content (AvgIpc) is 2.85. The summed E-state index contributed by atoms with van der Waals surface area (Å²) < 4.78 is 39.7. The number of para-hydroxylation sites is 1. The normalized spacial score (nSPS) is 22.5. The maximum absolute atomic E-state index is 14.0. The molecule has 0 radical (unpaired) electrons. The Labute approximate surface area is 117 Å². The second-order valence-electron chi connectivity index (χ2n) is 5.10. The van der Waals surface area contributed by atoms with Crippen LogP contribution in [0.3, 0.4) is 0 Å². The Kier molecular flexibility index (Phi) is 2.83. The molecule has 0 fully saturated rings. The molecule has 1 aliphatic rings. The van der Waals surface area contributed by atoms with E-state index in [1.807, 2.05) is 6.08 Å². The first-order chi connectivity index (χ1) is 9.46. The number of hydrogen-bond acceptors (Lipinski definition) is 2. The van der Waals surface area contributed by atoms with Crippen molar-refractivity contribution in [3.63, 3.8) is 0 Å². The molecule has 1 unspecified atom stereocenters. The molecule has 0 saturated heterocycles. The largest absolute Gasteiger partial charge is 0.248 e. The van der Waals surface area contributed by atoms with Gasteiger partial charge in [0.05, 0.1) is 5.52 Å². The molecule has 104 valence electrons. The van der Waals surface area contributed by atoms with Crippen LogP contribution in [0.4, 0.5) is 4.39 Å². The Hall–Kier alpha value is -1.88.